The summed E-state index contributed by atoms with van der Waals surface area (Å²) in [6.45, 7) is 11.5. The molecule has 34 heavy (non-hydrogen) atoms. The van der Waals surface area contributed by atoms with Crippen LogP contribution in [0.5, 0.6) is 5.75 Å². The number of hydrogen-bond donors (Lipinski definition) is 0. The Morgan fingerprint density at radius 2 is 1.59 bits per heavy atom. The van der Waals surface area contributed by atoms with Crippen molar-refractivity contribution in [1.29, 1.82) is 0 Å². The van der Waals surface area contributed by atoms with Crippen LogP contribution in [0.15, 0.2) is 66.9 Å². The van der Waals surface area contributed by atoms with Gasteiger partial charge in [0.2, 0.25) is 0 Å². The predicted octanol–water partition coefficient (Wildman–Crippen LogP) is 7.22. The van der Waals surface area contributed by atoms with Crippen molar-refractivity contribution < 1.29 is 4.43 Å². The Morgan fingerprint density at radius 1 is 0.853 bits per heavy atom. The first-order chi connectivity index (χ1) is 15.9. The molecule has 1 aliphatic heterocycles. The Kier molecular flexibility index (Phi) is 5.38. The quantitative estimate of drug-likeness (QED) is 0.258. The number of fused-ring (bicyclic) bond motifs is 4. The van der Waals surface area contributed by atoms with Gasteiger partial charge in [0.25, 0.3) is 0 Å². The summed E-state index contributed by atoms with van der Waals surface area (Å²) in [5.41, 5.74) is 5.96. The summed E-state index contributed by atoms with van der Waals surface area (Å²) in [5, 5.41) is 3.98. The maximum atomic E-state index is 6.93. The molecule has 0 saturated heterocycles. The molecule has 0 amide bonds. The van der Waals surface area contributed by atoms with Crippen molar-refractivity contribution in [2.45, 2.75) is 56.5 Å². The predicted molar refractivity (Wildman–Crippen MR) is 152 cm³/mol. The molecule has 5 rings (SSSR count). The van der Waals surface area contributed by atoms with Gasteiger partial charge in [0, 0.05) is 0 Å². The number of aromatic nitrogens is 1. The van der Waals surface area contributed by atoms with Crippen molar-refractivity contribution in [3.8, 4) is 28.1 Å². The summed E-state index contributed by atoms with van der Waals surface area (Å²) in [5.74, 6) is 8.33. The van der Waals surface area contributed by atoms with E-state index in [0.717, 1.165) is 17.0 Å². The Bertz CT molecular complexity index is 1430. The van der Waals surface area contributed by atoms with E-state index in [1.807, 2.05) is 6.20 Å². The third-order valence-electron chi connectivity index (χ3n) is 7.03. The van der Waals surface area contributed by atoms with Crippen LogP contribution >= 0.6 is 0 Å². The summed E-state index contributed by atoms with van der Waals surface area (Å²) >= 11 is -1.94. The van der Waals surface area contributed by atoms with Crippen molar-refractivity contribution in [1.82, 2.24) is 4.98 Å². The van der Waals surface area contributed by atoms with Gasteiger partial charge in [0.1, 0.15) is 0 Å². The van der Waals surface area contributed by atoms with Gasteiger partial charge >= 0.3 is 202 Å². The molecule has 0 bridgehead atoms. The molecule has 0 unspecified atom stereocenters. The molecule has 1 aromatic heterocycles. The molecule has 3 aromatic carbocycles. The molecule has 0 radical (unpaired) electrons. The van der Waals surface area contributed by atoms with Crippen LogP contribution < -0.4 is 14.0 Å². The van der Waals surface area contributed by atoms with Crippen LogP contribution in [0.2, 0.25) is 30.4 Å². The first kappa shape index (κ1) is 23.4. The van der Waals surface area contributed by atoms with E-state index in [4.69, 9.17) is 9.41 Å². The Hall–Kier alpha value is -2.37. The third kappa shape index (κ3) is 3.93. The van der Waals surface area contributed by atoms with E-state index < -0.39 is 21.6 Å². The fourth-order valence-corrected chi connectivity index (χ4v) is 10.0. The van der Waals surface area contributed by atoms with Crippen LogP contribution in [0, 0.1) is 0 Å². The molecule has 0 aliphatic carbocycles. The van der Waals surface area contributed by atoms with Crippen molar-refractivity contribution in [2.24, 2.45) is 0 Å². The number of pyridine rings is 1. The second-order valence-corrected chi connectivity index (χ2v) is 26.6. The van der Waals surface area contributed by atoms with E-state index in [1.54, 1.807) is 4.40 Å². The van der Waals surface area contributed by atoms with Crippen molar-refractivity contribution >= 4 is 41.9 Å². The standard InChI is InChI=1S/C30H35GeNOSi/c1-30(2,3)26-18-21(17-20-11-9-10-12-23(20)26)28-29-25(15-16-32-28)24-14-13-22(31(4,5)6)19-27(24)34(7,8)33-29/h9-19H,1-8H3. The van der Waals surface area contributed by atoms with E-state index >= 15 is 0 Å². The Labute approximate surface area is 207 Å². The van der Waals surface area contributed by atoms with Gasteiger partial charge in [0.05, 0.1) is 0 Å². The normalized spacial score (nSPS) is 14.9. The van der Waals surface area contributed by atoms with Gasteiger partial charge in [-0.1, -0.05) is 6.07 Å². The summed E-state index contributed by atoms with van der Waals surface area (Å²) < 4.78 is 8.48. The topological polar surface area (TPSA) is 22.1 Å². The minimum atomic E-state index is -2.15. The van der Waals surface area contributed by atoms with Gasteiger partial charge in [-0.05, 0) is 0 Å². The van der Waals surface area contributed by atoms with Crippen LogP contribution in [-0.2, 0) is 5.41 Å². The van der Waals surface area contributed by atoms with Gasteiger partial charge in [0.15, 0.2) is 0 Å². The van der Waals surface area contributed by atoms with Gasteiger partial charge < -0.3 is 0 Å². The van der Waals surface area contributed by atoms with Gasteiger partial charge in [-0.15, -0.1) is 0 Å². The van der Waals surface area contributed by atoms with Gasteiger partial charge in [-0.2, -0.15) is 0 Å². The Morgan fingerprint density at radius 3 is 2.29 bits per heavy atom. The van der Waals surface area contributed by atoms with E-state index in [0.29, 0.717) is 0 Å². The zero-order chi connectivity index (χ0) is 24.5. The molecular formula is C30H35GeNOSi. The molecule has 2 nitrogen and oxygen atoms in total. The molecular weight excluding hydrogens is 491 g/mol. The van der Waals surface area contributed by atoms with Crippen molar-refractivity contribution in [3.63, 3.8) is 0 Å². The van der Waals surface area contributed by atoms with E-state index in [9.17, 15) is 0 Å². The average molecular weight is 526 g/mol. The van der Waals surface area contributed by atoms with Crippen molar-refractivity contribution in [2.75, 3.05) is 0 Å². The maximum absolute atomic E-state index is 6.93. The Balaban J connectivity index is 1.76. The molecule has 174 valence electrons. The molecule has 2 heterocycles. The molecule has 0 N–H and O–H groups in total. The summed E-state index contributed by atoms with van der Waals surface area (Å²) in [6.07, 6.45) is 1.95. The second-order valence-electron chi connectivity index (χ2n) is 12.2. The molecule has 0 saturated carbocycles. The first-order valence-electron chi connectivity index (χ1n) is 12.2. The minimum absolute atomic E-state index is 0.0283. The summed E-state index contributed by atoms with van der Waals surface area (Å²) in [6, 6.07) is 22.6. The zero-order valence-corrected chi connectivity index (χ0v) is 24.8. The molecule has 1 aliphatic rings. The fraction of sp³-hybridized carbons (Fsp3) is 0.300. The molecule has 4 heteroatoms. The monoisotopic (exact) mass is 527 g/mol. The first-order valence-corrected chi connectivity index (χ1v) is 22.5. The van der Waals surface area contributed by atoms with Gasteiger partial charge in [-0.3, -0.25) is 0 Å². The van der Waals surface area contributed by atoms with Crippen LogP contribution in [-0.4, -0.2) is 26.6 Å². The SMILES string of the molecule is CC(C)(C)c1cc(-c2nccc3c2O[Si](C)(C)c2c[c]([Ge]([CH3])([CH3])[CH3])ccc2-3)cc2ccccc12. The molecule has 0 spiro atoms. The number of hydrogen-bond acceptors (Lipinski definition) is 2. The van der Waals surface area contributed by atoms with Crippen LogP contribution in [0.1, 0.15) is 26.3 Å². The third-order valence-corrected chi connectivity index (χ3v) is 13.7. The van der Waals surface area contributed by atoms with Crippen LogP contribution in [0.25, 0.3) is 33.2 Å². The van der Waals surface area contributed by atoms with E-state index in [-0.39, 0.29) is 5.41 Å². The van der Waals surface area contributed by atoms with Gasteiger partial charge in [-0.25, -0.2) is 0 Å². The van der Waals surface area contributed by atoms with Crippen molar-refractivity contribution in [3.05, 3.63) is 72.4 Å². The molecule has 0 atom stereocenters. The van der Waals surface area contributed by atoms with E-state index in [1.165, 1.54) is 32.6 Å². The summed E-state index contributed by atoms with van der Waals surface area (Å²) in [7, 11) is -2.15. The summed E-state index contributed by atoms with van der Waals surface area (Å²) in [4.78, 5) is 4.89. The second kappa shape index (κ2) is 7.82. The number of nitrogens with zero attached hydrogens (tertiary/aromatic N) is 1. The average Bonchev–Trinajstić information content (AvgIpc) is 2.76. The van der Waals surface area contributed by atoms with E-state index in [2.05, 4.69) is 112 Å². The molecule has 0 fully saturated rings. The van der Waals surface area contributed by atoms with Crippen LogP contribution in [0.4, 0.5) is 0 Å². The number of rotatable bonds is 2. The zero-order valence-electron chi connectivity index (χ0n) is 21.7. The fourth-order valence-electron chi connectivity index (χ4n) is 5.09. The van der Waals surface area contributed by atoms with Crippen LogP contribution in [0.3, 0.4) is 0 Å². The molecule has 4 aromatic rings. The number of benzene rings is 3.